The molecule has 0 heterocycles. The first-order valence-corrected chi connectivity index (χ1v) is 4.66. The zero-order chi connectivity index (χ0) is 15.7. The molecule has 0 saturated carbocycles. The number of amides is 1. The normalized spacial score (nSPS) is 12.1. The number of nitrogens with zero attached hydrogens (tertiary/aromatic N) is 1. The molecule has 0 aliphatic heterocycles. The summed E-state index contributed by atoms with van der Waals surface area (Å²) in [6.45, 7) is 0. The van der Waals surface area contributed by atoms with Gasteiger partial charge in [-0.05, 0) is 6.07 Å². The summed E-state index contributed by atoms with van der Waals surface area (Å²) in [6.07, 6.45) is -6.11. The predicted molar refractivity (Wildman–Crippen MR) is 52.7 cm³/mol. The molecule has 0 aromatic heterocycles. The largest absolute Gasteiger partial charge is 0.463 e. The quantitative estimate of drug-likeness (QED) is 0.530. The van der Waals surface area contributed by atoms with Crippen molar-refractivity contribution in [2.45, 2.75) is 12.1 Å². The Balaban J connectivity index is 2.98. The molecule has 110 valence electrons. The van der Waals surface area contributed by atoms with Gasteiger partial charge in [-0.3, -0.25) is 14.9 Å². The van der Waals surface area contributed by atoms with Crippen LogP contribution in [-0.2, 0) is 4.79 Å². The van der Waals surface area contributed by atoms with Gasteiger partial charge in [0.1, 0.15) is 0 Å². The molecule has 0 unspecified atom stereocenters. The van der Waals surface area contributed by atoms with Crippen molar-refractivity contribution in [3.63, 3.8) is 0 Å². The van der Waals surface area contributed by atoms with Gasteiger partial charge in [0.15, 0.2) is 0 Å². The average molecular weight is 302 g/mol. The van der Waals surface area contributed by atoms with E-state index in [0.29, 0.717) is 12.1 Å². The van der Waals surface area contributed by atoms with Crippen molar-refractivity contribution in [3.8, 4) is 0 Å². The summed E-state index contributed by atoms with van der Waals surface area (Å²) in [6, 6.07) is 1.38. The summed E-state index contributed by atoms with van der Waals surface area (Å²) < 4.78 is 73.8. The number of hydrogen-bond acceptors (Lipinski definition) is 3. The molecule has 0 bridgehead atoms. The SMILES string of the molecule is O=C(Nc1ccc([N+](=O)[O-])c(F)c1)C(F)(F)C(F)(F)F. The number of halogens is 6. The molecule has 1 aromatic carbocycles. The summed E-state index contributed by atoms with van der Waals surface area (Å²) in [7, 11) is 0. The number of nitro benzene ring substituents is 1. The monoisotopic (exact) mass is 302 g/mol. The Morgan fingerprint density at radius 2 is 1.75 bits per heavy atom. The molecule has 0 aliphatic carbocycles. The minimum atomic E-state index is -6.11. The maximum atomic E-state index is 13.1. The Kier molecular flexibility index (Phi) is 3.92. The van der Waals surface area contributed by atoms with E-state index in [1.165, 1.54) is 0 Å². The fourth-order valence-electron chi connectivity index (χ4n) is 1.07. The van der Waals surface area contributed by atoms with Crippen molar-refractivity contribution in [1.29, 1.82) is 0 Å². The fraction of sp³-hybridized carbons (Fsp3) is 0.222. The summed E-state index contributed by atoms with van der Waals surface area (Å²) in [4.78, 5) is 19.9. The van der Waals surface area contributed by atoms with Gasteiger partial charge in [0, 0.05) is 17.8 Å². The van der Waals surface area contributed by atoms with Crippen LogP contribution in [0, 0.1) is 15.9 Å². The minimum Gasteiger partial charge on any atom is -0.320 e. The van der Waals surface area contributed by atoms with Gasteiger partial charge in [0.25, 0.3) is 0 Å². The van der Waals surface area contributed by atoms with Crippen molar-refractivity contribution < 1.29 is 36.1 Å². The first-order valence-electron chi connectivity index (χ1n) is 4.66. The third-order valence-corrected chi connectivity index (χ3v) is 2.04. The second-order valence-electron chi connectivity index (χ2n) is 3.45. The van der Waals surface area contributed by atoms with E-state index < -0.39 is 40.1 Å². The molecule has 1 N–H and O–H groups in total. The average Bonchev–Trinajstić information content (AvgIpc) is 2.26. The molecule has 0 spiro atoms. The fourth-order valence-corrected chi connectivity index (χ4v) is 1.07. The third-order valence-electron chi connectivity index (χ3n) is 2.04. The molecule has 1 rings (SSSR count). The molecule has 20 heavy (non-hydrogen) atoms. The van der Waals surface area contributed by atoms with Crippen molar-refractivity contribution in [2.24, 2.45) is 0 Å². The summed E-state index contributed by atoms with van der Waals surface area (Å²) in [5.74, 6) is -9.90. The van der Waals surface area contributed by atoms with Crippen LogP contribution < -0.4 is 5.32 Å². The van der Waals surface area contributed by atoms with E-state index >= 15 is 0 Å². The molecule has 0 fully saturated rings. The van der Waals surface area contributed by atoms with Crippen LogP contribution in [0.3, 0.4) is 0 Å². The van der Waals surface area contributed by atoms with E-state index in [1.54, 1.807) is 0 Å². The van der Waals surface area contributed by atoms with Gasteiger partial charge in [-0.25, -0.2) is 0 Å². The highest BCUT2D eigenvalue weighted by atomic mass is 19.4. The Morgan fingerprint density at radius 3 is 2.15 bits per heavy atom. The molecule has 0 atom stereocenters. The highest BCUT2D eigenvalue weighted by Crippen LogP contribution is 2.36. The number of carbonyl (C=O) groups is 1. The standard InChI is InChI=1S/C9H4F6N2O3/c10-5-3-4(1-2-6(5)17(19)20)16-7(18)8(11,12)9(13,14)15/h1-3H,(H,16,18). The van der Waals surface area contributed by atoms with Crippen LogP contribution in [0.25, 0.3) is 0 Å². The topological polar surface area (TPSA) is 72.2 Å². The lowest BCUT2D eigenvalue weighted by atomic mass is 10.2. The number of anilines is 1. The second kappa shape index (κ2) is 4.98. The maximum Gasteiger partial charge on any atom is 0.463 e. The van der Waals surface area contributed by atoms with Gasteiger partial charge in [-0.2, -0.15) is 26.3 Å². The maximum absolute atomic E-state index is 13.1. The smallest absolute Gasteiger partial charge is 0.320 e. The van der Waals surface area contributed by atoms with Gasteiger partial charge < -0.3 is 5.32 Å². The number of benzene rings is 1. The summed E-state index contributed by atoms with van der Waals surface area (Å²) in [5, 5.41) is 11.4. The van der Waals surface area contributed by atoms with Crippen LogP contribution in [0.15, 0.2) is 18.2 Å². The Hall–Kier alpha value is -2.33. The zero-order valence-corrected chi connectivity index (χ0v) is 9.17. The van der Waals surface area contributed by atoms with Crippen LogP contribution in [0.1, 0.15) is 0 Å². The van der Waals surface area contributed by atoms with Crippen LogP contribution in [0.4, 0.5) is 37.7 Å². The first kappa shape index (κ1) is 15.7. The molecule has 0 aliphatic rings. The second-order valence-corrected chi connectivity index (χ2v) is 3.45. The Morgan fingerprint density at radius 1 is 1.20 bits per heavy atom. The highest BCUT2D eigenvalue weighted by molar-refractivity contribution is 5.96. The number of nitrogens with one attached hydrogen (secondary N) is 1. The van der Waals surface area contributed by atoms with Gasteiger partial charge in [0.05, 0.1) is 4.92 Å². The number of rotatable bonds is 3. The van der Waals surface area contributed by atoms with E-state index in [4.69, 9.17) is 0 Å². The Bertz CT molecular complexity index is 557. The van der Waals surface area contributed by atoms with Crippen molar-refractivity contribution in [2.75, 3.05) is 5.32 Å². The van der Waals surface area contributed by atoms with Gasteiger partial charge in [-0.15, -0.1) is 0 Å². The lowest BCUT2D eigenvalue weighted by Gasteiger charge is -2.18. The molecular formula is C9H4F6N2O3. The van der Waals surface area contributed by atoms with Gasteiger partial charge in [0.2, 0.25) is 5.82 Å². The van der Waals surface area contributed by atoms with Crippen LogP contribution in [0.5, 0.6) is 0 Å². The Labute approximate surface area is 106 Å². The minimum absolute atomic E-state index is 0.252. The molecule has 11 heteroatoms. The lowest BCUT2D eigenvalue weighted by Crippen LogP contribution is -2.47. The van der Waals surface area contributed by atoms with Crippen LogP contribution in [-0.4, -0.2) is 22.9 Å². The molecule has 0 saturated heterocycles. The summed E-state index contributed by atoms with van der Waals surface area (Å²) >= 11 is 0. The van der Waals surface area contributed by atoms with Crippen LogP contribution in [0.2, 0.25) is 0 Å². The van der Waals surface area contributed by atoms with Gasteiger partial charge >= 0.3 is 23.7 Å². The zero-order valence-electron chi connectivity index (χ0n) is 9.17. The third kappa shape index (κ3) is 2.97. The van der Waals surface area contributed by atoms with E-state index in [-0.39, 0.29) is 6.07 Å². The van der Waals surface area contributed by atoms with Crippen molar-refractivity contribution in [1.82, 2.24) is 0 Å². The van der Waals surface area contributed by atoms with Crippen LogP contribution >= 0.6 is 0 Å². The molecule has 5 nitrogen and oxygen atoms in total. The number of nitro groups is 1. The number of hydrogen-bond donors (Lipinski definition) is 1. The van der Waals surface area contributed by atoms with E-state index in [9.17, 15) is 41.3 Å². The predicted octanol–water partition coefficient (Wildman–Crippen LogP) is 2.87. The molecular weight excluding hydrogens is 298 g/mol. The number of alkyl halides is 5. The molecule has 1 aromatic rings. The van der Waals surface area contributed by atoms with Crippen molar-refractivity contribution >= 4 is 17.3 Å². The highest BCUT2D eigenvalue weighted by Gasteiger charge is 2.63. The first-order chi connectivity index (χ1) is 8.96. The molecule has 0 radical (unpaired) electrons. The van der Waals surface area contributed by atoms with E-state index in [1.807, 2.05) is 0 Å². The lowest BCUT2D eigenvalue weighted by molar-refractivity contribution is -0.387. The van der Waals surface area contributed by atoms with Gasteiger partial charge in [-0.1, -0.05) is 0 Å². The summed E-state index contributed by atoms with van der Waals surface area (Å²) in [5.41, 5.74) is -1.80. The van der Waals surface area contributed by atoms with Crippen molar-refractivity contribution in [3.05, 3.63) is 34.1 Å². The van der Waals surface area contributed by atoms with E-state index in [2.05, 4.69) is 0 Å². The number of carbonyl (C=O) groups excluding carboxylic acids is 1. The van der Waals surface area contributed by atoms with E-state index in [0.717, 1.165) is 5.32 Å². The molecule has 1 amide bonds.